The molecule has 4 heteroatoms. The molecule has 2 nitrogen and oxygen atoms in total. The summed E-state index contributed by atoms with van der Waals surface area (Å²) in [4.78, 5) is 1.76. The van der Waals surface area contributed by atoms with Gasteiger partial charge in [0.15, 0.2) is 0 Å². The van der Waals surface area contributed by atoms with Crippen LogP contribution in [0.1, 0.15) is 0 Å². The first-order valence-corrected chi connectivity index (χ1v) is 5.96. The molecule has 0 aliphatic heterocycles. The van der Waals surface area contributed by atoms with Gasteiger partial charge in [-0.3, -0.25) is 0 Å². The van der Waals surface area contributed by atoms with Gasteiger partial charge in [0.2, 0.25) is 0 Å². The summed E-state index contributed by atoms with van der Waals surface area (Å²) in [7, 11) is 3.67. The summed E-state index contributed by atoms with van der Waals surface area (Å²) in [6, 6.07) is 12.2. The van der Waals surface area contributed by atoms with Crippen LogP contribution in [0.4, 0.5) is 21.5 Å². The molecule has 1 N–H and O–H groups in total. The zero-order chi connectivity index (χ0) is 13.1. The third-order valence-electron chi connectivity index (χ3n) is 2.81. The molecular weight excluding hydrogens is 251 g/mol. The van der Waals surface area contributed by atoms with E-state index in [0.717, 1.165) is 11.4 Å². The summed E-state index contributed by atoms with van der Waals surface area (Å²) >= 11 is 5.89. The highest BCUT2D eigenvalue weighted by Gasteiger charge is 2.09. The quantitative estimate of drug-likeness (QED) is 0.890. The molecule has 0 aliphatic carbocycles. The molecule has 2 rings (SSSR count). The van der Waals surface area contributed by atoms with E-state index in [1.807, 2.05) is 38.4 Å². The van der Waals surface area contributed by atoms with E-state index in [1.54, 1.807) is 17.0 Å². The fraction of sp³-hybridized carbons (Fsp3) is 0.143. The molecule has 0 spiro atoms. The van der Waals surface area contributed by atoms with E-state index in [-0.39, 0.29) is 5.82 Å². The second kappa shape index (κ2) is 5.27. The highest BCUT2D eigenvalue weighted by molar-refractivity contribution is 6.30. The highest BCUT2D eigenvalue weighted by Crippen LogP contribution is 2.29. The van der Waals surface area contributed by atoms with Crippen molar-refractivity contribution < 1.29 is 4.39 Å². The second-order valence-corrected chi connectivity index (χ2v) is 4.39. The summed E-state index contributed by atoms with van der Waals surface area (Å²) in [5.41, 5.74) is 2.37. The SMILES string of the molecule is CNc1ccc(N(C)c2cc(Cl)ccc2F)cc1. The smallest absolute Gasteiger partial charge is 0.146 e. The van der Waals surface area contributed by atoms with Crippen molar-refractivity contribution in [2.75, 3.05) is 24.3 Å². The molecule has 0 saturated carbocycles. The topological polar surface area (TPSA) is 15.3 Å². The van der Waals surface area contributed by atoms with Crippen LogP contribution in [-0.4, -0.2) is 14.1 Å². The molecule has 0 bridgehead atoms. The third-order valence-corrected chi connectivity index (χ3v) is 3.05. The normalized spacial score (nSPS) is 10.2. The molecule has 0 unspecified atom stereocenters. The van der Waals surface area contributed by atoms with E-state index in [0.29, 0.717) is 10.7 Å². The molecule has 0 saturated heterocycles. The van der Waals surface area contributed by atoms with Crippen LogP contribution in [0, 0.1) is 5.82 Å². The summed E-state index contributed by atoms with van der Waals surface area (Å²) in [5, 5.41) is 3.56. The molecule has 0 heterocycles. The predicted octanol–water partition coefficient (Wildman–Crippen LogP) is 4.29. The van der Waals surface area contributed by atoms with Crippen LogP contribution in [0.2, 0.25) is 5.02 Å². The molecular formula is C14H14ClFN2. The second-order valence-electron chi connectivity index (χ2n) is 3.95. The van der Waals surface area contributed by atoms with Crippen LogP contribution in [0.25, 0.3) is 0 Å². The van der Waals surface area contributed by atoms with Gasteiger partial charge in [-0.05, 0) is 42.5 Å². The number of halogens is 2. The number of nitrogens with zero attached hydrogens (tertiary/aromatic N) is 1. The molecule has 0 atom stereocenters. The Kier molecular flexibility index (Phi) is 3.72. The van der Waals surface area contributed by atoms with Gasteiger partial charge in [0, 0.05) is 30.5 Å². The third kappa shape index (κ3) is 2.57. The van der Waals surface area contributed by atoms with Crippen molar-refractivity contribution in [2.45, 2.75) is 0 Å². The average Bonchev–Trinajstić information content (AvgIpc) is 2.41. The number of hydrogen-bond donors (Lipinski definition) is 1. The van der Waals surface area contributed by atoms with Crippen molar-refractivity contribution in [3.05, 3.63) is 53.3 Å². The molecule has 2 aromatic rings. The van der Waals surface area contributed by atoms with E-state index in [9.17, 15) is 4.39 Å². The fourth-order valence-electron chi connectivity index (χ4n) is 1.73. The fourth-order valence-corrected chi connectivity index (χ4v) is 1.90. The number of rotatable bonds is 3. The monoisotopic (exact) mass is 264 g/mol. The van der Waals surface area contributed by atoms with Crippen LogP contribution in [0.15, 0.2) is 42.5 Å². The minimum absolute atomic E-state index is 0.292. The average molecular weight is 265 g/mol. The minimum Gasteiger partial charge on any atom is -0.388 e. The first kappa shape index (κ1) is 12.7. The highest BCUT2D eigenvalue weighted by atomic mass is 35.5. The lowest BCUT2D eigenvalue weighted by Crippen LogP contribution is -2.11. The van der Waals surface area contributed by atoms with Crippen molar-refractivity contribution in [3.8, 4) is 0 Å². The Hall–Kier alpha value is -1.74. The van der Waals surface area contributed by atoms with Gasteiger partial charge in [-0.1, -0.05) is 11.6 Å². The molecule has 0 amide bonds. The molecule has 0 radical (unpaired) electrons. The van der Waals surface area contributed by atoms with Gasteiger partial charge in [0.25, 0.3) is 0 Å². The van der Waals surface area contributed by atoms with Gasteiger partial charge in [-0.15, -0.1) is 0 Å². The maximum absolute atomic E-state index is 13.7. The number of benzene rings is 2. The van der Waals surface area contributed by atoms with E-state index in [2.05, 4.69) is 5.32 Å². The lowest BCUT2D eigenvalue weighted by atomic mass is 10.2. The van der Waals surface area contributed by atoms with Crippen molar-refractivity contribution in [3.63, 3.8) is 0 Å². The Morgan fingerprint density at radius 1 is 1.11 bits per heavy atom. The van der Waals surface area contributed by atoms with Crippen LogP contribution in [0.5, 0.6) is 0 Å². The summed E-state index contributed by atoms with van der Waals surface area (Å²) in [5.74, 6) is -0.292. The molecule has 0 fully saturated rings. The number of hydrogen-bond acceptors (Lipinski definition) is 2. The van der Waals surface area contributed by atoms with E-state index in [4.69, 9.17) is 11.6 Å². The van der Waals surface area contributed by atoms with Crippen LogP contribution < -0.4 is 10.2 Å². The zero-order valence-electron chi connectivity index (χ0n) is 10.2. The minimum atomic E-state index is -0.292. The lowest BCUT2D eigenvalue weighted by molar-refractivity contribution is 0.627. The molecule has 94 valence electrons. The Morgan fingerprint density at radius 2 is 1.78 bits per heavy atom. The molecule has 0 aliphatic rings. The predicted molar refractivity (Wildman–Crippen MR) is 75.5 cm³/mol. The number of anilines is 3. The van der Waals surface area contributed by atoms with Gasteiger partial charge in [-0.2, -0.15) is 0 Å². The van der Waals surface area contributed by atoms with E-state index < -0.39 is 0 Å². The standard InChI is InChI=1S/C14H14ClFN2/c1-17-11-4-6-12(7-5-11)18(2)14-9-10(15)3-8-13(14)16/h3-9,17H,1-2H3. The summed E-state index contributed by atoms with van der Waals surface area (Å²) in [6.45, 7) is 0. The van der Waals surface area contributed by atoms with E-state index >= 15 is 0 Å². The zero-order valence-corrected chi connectivity index (χ0v) is 11.0. The van der Waals surface area contributed by atoms with Crippen LogP contribution in [0.3, 0.4) is 0 Å². The van der Waals surface area contributed by atoms with Crippen molar-refractivity contribution >= 4 is 28.7 Å². The first-order chi connectivity index (χ1) is 8.61. The van der Waals surface area contributed by atoms with Gasteiger partial charge < -0.3 is 10.2 Å². The van der Waals surface area contributed by atoms with Gasteiger partial charge >= 0.3 is 0 Å². The van der Waals surface area contributed by atoms with Gasteiger partial charge in [0.1, 0.15) is 5.82 Å². The van der Waals surface area contributed by atoms with Gasteiger partial charge in [0.05, 0.1) is 5.69 Å². The Morgan fingerprint density at radius 3 is 2.39 bits per heavy atom. The lowest BCUT2D eigenvalue weighted by Gasteiger charge is -2.20. The van der Waals surface area contributed by atoms with Crippen LogP contribution in [-0.2, 0) is 0 Å². The number of nitrogens with one attached hydrogen (secondary N) is 1. The summed E-state index contributed by atoms with van der Waals surface area (Å²) < 4.78 is 13.7. The first-order valence-electron chi connectivity index (χ1n) is 5.58. The van der Waals surface area contributed by atoms with Crippen molar-refractivity contribution in [1.29, 1.82) is 0 Å². The maximum Gasteiger partial charge on any atom is 0.146 e. The Labute approximate surface area is 111 Å². The van der Waals surface area contributed by atoms with Gasteiger partial charge in [-0.25, -0.2) is 4.39 Å². The largest absolute Gasteiger partial charge is 0.388 e. The molecule has 2 aromatic carbocycles. The van der Waals surface area contributed by atoms with Crippen LogP contribution >= 0.6 is 11.6 Å². The summed E-state index contributed by atoms with van der Waals surface area (Å²) in [6.07, 6.45) is 0. The Balaban J connectivity index is 2.34. The Bertz CT molecular complexity index is 540. The maximum atomic E-state index is 13.7. The van der Waals surface area contributed by atoms with Crippen molar-refractivity contribution in [2.24, 2.45) is 0 Å². The molecule has 0 aromatic heterocycles. The molecule has 18 heavy (non-hydrogen) atoms. The van der Waals surface area contributed by atoms with Crippen molar-refractivity contribution in [1.82, 2.24) is 0 Å². The van der Waals surface area contributed by atoms with E-state index in [1.165, 1.54) is 6.07 Å².